The number of fused-ring (bicyclic) bond motifs is 1. The minimum absolute atomic E-state index is 0.0614. The van der Waals surface area contributed by atoms with E-state index in [0.29, 0.717) is 5.82 Å². The first-order chi connectivity index (χ1) is 14.0. The fraction of sp³-hybridized carbons (Fsp3) is 0.0952. The molecule has 0 saturated heterocycles. The Morgan fingerprint density at radius 2 is 2.00 bits per heavy atom. The van der Waals surface area contributed by atoms with Crippen molar-refractivity contribution in [1.82, 2.24) is 14.5 Å². The molecule has 0 unspecified atom stereocenters. The van der Waals surface area contributed by atoms with Crippen molar-refractivity contribution in [3.05, 3.63) is 88.0 Å². The van der Waals surface area contributed by atoms with Gasteiger partial charge in [-0.15, -0.1) is 0 Å². The SMILES string of the molecule is Cc1cc(/C=N\Nc2ccc([N+](=O)[O-])cn2)c(C)n1-c1ccc2ncccc2c1. The van der Waals surface area contributed by atoms with Gasteiger partial charge in [0.05, 0.1) is 16.7 Å². The van der Waals surface area contributed by atoms with Gasteiger partial charge < -0.3 is 4.57 Å². The van der Waals surface area contributed by atoms with Gasteiger partial charge in [-0.1, -0.05) is 6.07 Å². The van der Waals surface area contributed by atoms with E-state index in [1.54, 1.807) is 12.4 Å². The van der Waals surface area contributed by atoms with Crippen LogP contribution < -0.4 is 5.43 Å². The van der Waals surface area contributed by atoms with E-state index in [-0.39, 0.29) is 5.69 Å². The quantitative estimate of drug-likeness (QED) is 0.312. The van der Waals surface area contributed by atoms with Gasteiger partial charge in [0.2, 0.25) is 0 Å². The fourth-order valence-electron chi connectivity index (χ4n) is 3.25. The third-order valence-electron chi connectivity index (χ3n) is 4.66. The van der Waals surface area contributed by atoms with E-state index in [1.807, 2.05) is 32.0 Å². The Bertz CT molecular complexity index is 1230. The standard InChI is InChI=1S/C21H18N6O2/c1-14-10-17(12-24-25-21-8-6-19(13-23-21)27(28)29)15(2)26(14)18-5-7-20-16(11-18)4-3-9-22-20/h3-13H,1-2H3,(H,23,25)/b24-12-. The molecule has 0 amide bonds. The maximum absolute atomic E-state index is 10.7. The number of hydrogen-bond acceptors (Lipinski definition) is 6. The molecule has 0 atom stereocenters. The first kappa shape index (κ1) is 18.3. The molecule has 4 aromatic rings. The minimum Gasteiger partial charge on any atom is -0.318 e. The Hall–Kier alpha value is -4.07. The van der Waals surface area contributed by atoms with Gasteiger partial charge in [0.15, 0.2) is 0 Å². The van der Waals surface area contributed by atoms with E-state index in [0.717, 1.165) is 33.5 Å². The smallest absolute Gasteiger partial charge is 0.287 e. The van der Waals surface area contributed by atoms with Crippen LogP contribution in [0.1, 0.15) is 17.0 Å². The molecule has 0 aliphatic carbocycles. The lowest BCUT2D eigenvalue weighted by atomic mass is 10.2. The molecule has 0 bridgehead atoms. The number of hydrogen-bond donors (Lipinski definition) is 1. The van der Waals surface area contributed by atoms with Gasteiger partial charge in [-0.3, -0.25) is 20.5 Å². The summed E-state index contributed by atoms with van der Waals surface area (Å²) in [6, 6.07) is 15.1. The normalized spacial score (nSPS) is 11.2. The molecule has 0 aliphatic rings. The van der Waals surface area contributed by atoms with Crippen molar-refractivity contribution in [1.29, 1.82) is 0 Å². The summed E-state index contributed by atoms with van der Waals surface area (Å²) in [7, 11) is 0. The van der Waals surface area contributed by atoms with Crippen LogP contribution in [0, 0.1) is 24.0 Å². The summed E-state index contributed by atoms with van der Waals surface area (Å²) in [4.78, 5) is 18.5. The van der Waals surface area contributed by atoms with Crippen LogP contribution in [0.15, 0.2) is 66.0 Å². The van der Waals surface area contributed by atoms with Crippen molar-refractivity contribution in [2.24, 2.45) is 5.10 Å². The van der Waals surface area contributed by atoms with Gasteiger partial charge in [-0.25, -0.2) is 4.98 Å². The minimum atomic E-state index is -0.488. The molecule has 8 nitrogen and oxygen atoms in total. The Balaban J connectivity index is 1.57. The number of aromatic nitrogens is 3. The summed E-state index contributed by atoms with van der Waals surface area (Å²) in [6.45, 7) is 4.08. The number of nitro groups is 1. The molecule has 0 radical (unpaired) electrons. The average Bonchev–Trinajstić information content (AvgIpc) is 3.01. The summed E-state index contributed by atoms with van der Waals surface area (Å²) in [5.41, 5.74) is 7.85. The number of rotatable bonds is 5. The summed E-state index contributed by atoms with van der Waals surface area (Å²) < 4.78 is 2.16. The van der Waals surface area contributed by atoms with Gasteiger partial charge in [-0.05, 0) is 50.2 Å². The highest BCUT2D eigenvalue weighted by atomic mass is 16.6. The van der Waals surface area contributed by atoms with Crippen molar-refractivity contribution < 1.29 is 4.92 Å². The summed E-state index contributed by atoms with van der Waals surface area (Å²) in [5.74, 6) is 0.433. The van der Waals surface area contributed by atoms with Crippen molar-refractivity contribution in [2.45, 2.75) is 13.8 Å². The van der Waals surface area contributed by atoms with Crippen molar-refractivity contribution in [3.8, 4) is 5.69 Å². The van der Waals surface area contributed by atoms with E-state index < -0.39 is 4.92 Å². The van der Waals surface area contributed by atoms with Crippen LogP contribution in [0.5, 0.6) is 0 Å². The zero-order chi connectivity index (χ0) is 20.4. The average molecular weight is 386 g/mol. The van der Waals surface area contributed by atoms with E-state index in [1.165, 1.54) is 18.3 Å². The first-order valence-corrected chi connectivity index (χ1v) is 8.96. The van der Waals surface area contributed by atoms with Gasteiger partial charge >= 0.3 is 0 Å². The van der Waals surface area contributed by atoms with Gasteiger partial charge in [0.25, 0.3) is 5.69 Å². The second kappa shape index (κ2) is 7.51. The molecule has 0 fully saturated rings. The zero-order valence-corrected chi connectivity index (χ0v) is 15.9. The van der Waals surface area contributed by atoms with Crippen LogP contribution in [0.3, 0.4) is 0 Å². The molecule has 3 aromatic heterocycles. The highest BCUT2D eigenvalue weighted by Crippen LogP contribution is 2.23. The number of nitrogens with zero attached hydrogens (tertiary/aromatic N) is 5. The Morgan fingerprint density at radius 1 is 1.14 bits per heavy atom. The molecular weight excluding hydrogens is 368 g/mol. The molecule has 0 aliphatic heterocycles. The molecule has 1 aromatic carbocycles. The second-order valence-corrected chi connectivity index (χ2v) is 6.57. The Morgan fingerprint density at radius 3 is 2.76 bits per heavy atom. The molecule has 29 heavy (non-hydrogen) atoms. The number of hydrazone groups is 1. The largest absolute Gasteiger partial charge is 0.318 e. The van der Waals surface area contributed by atoms with Crippen LogP contribution in [-0.4, -0.2) is 25.7 Å². The van der Waals surface area contributed by atoms with Crippen LogP contribution in [0.2, 0.25) is 0 Å². The summed E-state index contributed by atoms with van der Waals surface area (Å²) in [6.07, 6.45) is 4.69. The topological polar surface area (TPSA) is 98.2 Å². The molecule has 8 heteroatoms. The predicted octanol–water partition coefficient (Wildman–Crippen LogP) is 4.39. The third kappa shape index (κ3) is 3.68. The lowest BCUT2D eigenvalue weighted by molar-refractivity contribution is -0.385. The number of benzene rings is 1. The van der Waals surface area contributed by atoms with Crippen molar-refractivity contribution in [3.63, 3.8) is 0 Å². The monoisotopic (exact) mass is 386 g/mol. The summed E-state index contributed by atoms with van der Waals surface area (Å²) in [5, 5.41) is 16.0. The Kier molecular flexibility index (Phi) is 4.74. The van der Waals surface area contributed by atoms with E-state index in [4.69, 9.17) is 0 Å². The van der Waals surface area contributed by atoms with Gasteiger partial charge in [-0.2, -0.15) is 5.10 Å². The molecule has 4 rings (SSSR count). The van der Waals surface area contributed by atoms with Gasteiger partial charge in [0.1, 0.15) is 12.0 Å². The maximum Gasteiger partial charge on any atom is 0.287 e. The second-order valence-electron chi connectivity index (χ2n) is 6.57. The maximum atomic E-state index is 10.7. The molecule has 1 N–H and O–H groups in total. The van der Waals surface area contributed by atoms with Crippen LogP contribution in [0.25, 0.3) is 16.6 Å². The van der Waals surface area contributed by atoms with Crippen molar-refractivity contribution >= 4 is 28.6 Å². The molecule has 0 spiro atoms. The zero-order valence-electron chi connectivity index (χ0n) is 15.9. The summed E-state index contributed by atoms with van der Waals surface area (Å²) >= 11 is 0. The lowest BCUT2D eigenvalue weighted by Crippen LogP contribution is -2.00. The van der Waals surface area contributed by atoms with Gasteiger partial charge in [0, 0.05) is 40.3 Å². The van der Waals surface area contributed by atoms with Crippen LogP contribution >= 0.6 is 0 Å². The lowest BCUT2D eigenvalue weighted by Gasteiger charge is -2.10. The van der Waals surface area contributed by atoms with Crippen LogP contribution in [0.4, 0.5) is 11.5 Å². The Labute approximate surface area is 166 Å². The fourth-order valence-corrected chi connectivity index (χ4v) is 3.25. The number of pyridine rings is 2. The predicted molar refractivity (Wildman–Crippen MR) is 113 cm³/mol. The molecule has 3 heterocycles. The molecule has 144 valence electrons. The highest BCUT2D eigenvalue weighted by molar-refractivity contribution is 5.84. The number of nitrogens with one attached hydrogen (secondary N) is 1. The van der Waals surface area contributed by atoms with E-state index >= 15 is 0 Å². The molecule has 0 saturated carbocycles. The molecular formula is C21H18N6O2. The number of aryl methyl sites for hydroxylation is 1. The number of anilines is 1. The van der Waals surface area contributed by atoms with Crippen molar-refractivity contribution in [2.75, 3.05) is 5.43 Å². The van der Waals surface area contributed by atoms with E-state index in [9.17, 15) is 10.1 Å². The van der Waals surface area contributed by atoms with Crippen LogP contribution in [-0.2, 0) is 0 Å². The first-order valence-electron chi connectivity index (χ1n) is 8.96. The third-order valence-corrected chi connectivity index (χ3v) is 4.66. The van der Waals surface area contributed by atoms with E-state index in [2.05, 4.69) is 43.3 Å². The highest BCUT2D eigenvalue weighted by Gasteiger charge is 2.10.